The minimum Gasteiger partial charge on any atom is -0.468 e. The number of ether oxygens (including phenoxy) is 1. The lowest BCUT2D eigenvalue weighted by atomic mass is 10.0. The van der Waals surface area contributed by atoms with Crippen molar-refractivity contribution in [2.75, 3.05) is 33.1 Å². The number of nitrogens with one attached hydrogen (secondary N) is 1. The van der Waals surface area contributed by atoms with Gasteiger partial charge in [0.15, 0.2) is 11.7 Å². The molecule has 0 aliphatic heterocycles. The highest BCUT2D eigenvalue weighted by Gasteiger charge is 2.28. The summed E-state index contributed by atoms with van der Waals surface area (Å²) < 4.78 is 4.79. The Bertz CT molecular complexity index is 1100. The van der Waals surface area contributed by atoms with E-state index in [4.69, 9.17) is 16.3 Å². The predicted molar refractivity (Wildman–Crippen MR) is 116 cm³/mol. The van der Waals surface area contributed by atoms with Gasteiger partial charge in [-0.25, -0.2) is 9.97 Å². The van der Waals surface area contributed by atoms with Crippen LogP contribution < -0.4 is 5.32 Å². The molecule has 0 fully saturated rings. The Labute approximate surface area is 180 Å². The Balaban J connectivity index is 2.01. The summed E-state index contributed by atoms with van der Waals surface area (Å²) in [4.78, 5) is 23.4. The number of likely N-dealkylation sites (N-methyl/N-ethyl adjacent to an activating group) is 1. The predicted octanol–water partition coefficient (Wildman–Crippen LogP) is 3.78. The largest absolute Gasteiger partial charge is 0.468 e. The number of benzene rings is 2. The highest BCUT2D eigenvalue weighted by atomic mass is 35.5. The van der Waals surface area contributed by atoms with Crippen LogP contribution in [0.4, 0.5) is 5.82 Å². The van der Waals surface area contributed by atoms with Gasteiger partial charge in [0, 0.05) is 11.6 Å². The second-order valence-electron chi connectivity index (χ2n) is 6.91. The van der Waals surface area contributed by atoms with Gasteiger partial charge in [-0.15, -0.1) is 0 Å². The van der Waals surface area contributed by atoms with Crippen LogP contribution in [0.5, 0.6) is 0 Å². The average molecular weight is 424 g/mol. The molecule has 0 spiro atoms. The zero-order chi connectivity index (χ0) is 21.7. The van der Waals surface area contributed by atoms with Crippen LogP contribution in [0.15, 0.2) is 48.5 Å². The first-order valence-electron chi connectivity index (χ1n) is 9.35. The van der Waals surface area contributed by atoms with E-state index in [1.54, 1.807) is 6.07 Å². The lowest BCUT2D eigenvalue weighted by Gasteiger charge is -2.26. The molecule has 1 heterocycles. The molecule has 7 nitrogen and oxygen atoms in total. The third-order valence-electron chi connectivity index (χ3n) is 4.79. The molecule has 0 aliphatic rings. The van der Waals surface area contributed by atoms with Crippen molar-refractivity contribution in [2.24, 2.45) is 0 Å². The van der Waals surface area contributed by atoms with Gasteiger partial charge in [-0.1, -0.05) is 41.9 Å². The Hall–Kier alpha value is -3.21. The van der Waals surface area contributed by atoms with Gasteiger partial charge in [0.1, 0.15) is 5.69 Å². The summed E-state index contributed by atoms with van der Waals surface area (Å²) in [7, 11) is 5.15. The average Bonchev–Trinajstić information content (AvgIpc) is 2.75. The smallest absolute Gasteiger partial charge is 0.329 e. The molecule has 0 unspecified atom stereocenters. The van der Waals surface area contributed by atoms with Gasteiger partial charge < -0.3 is 15.0 Å². The summed E-state index contributed by atoms with van der Waals surface area (Å²) in [6, 6.07) is 16.8. The van der Waals surface area contributed by atoms with E-state index in [2.05, 4.69) is 15.3 Å². The highest BCUT2D eigenvalue weighted by Crippen LogP contribution is 2.29. The lowest BCUT2D eigenvalue weighted by molar-refractivity contribution is -0.141. The Morgan fingerprint density at radius 2 is 1.80 bits per heavy atom. The fraction of sp³-hybridized carbons (Fsp3) is 0.273. The monoisotopic (exact) mass is 423 g/mol. The molecule has 3 rings (SSSR count). The molecule has 1 aromatic heterocycles. The number of esters is 1. The number of rotatable bonds is 7. The molecular weight excluding hydrogens is 402 g/mol. The van der Waals surface area contributed by atoms with Crippen molar-refractivity contribution in [1.29, 1.82) is 5.26 Å². The standard InChI is InChI=1S/C22H22ClN5O2/c1-28(2)19(14-8-4-5-9-16(14)23)13-25-21-20(15(12-24)22(29)30-3)26-17-10-6-7-11-18(17)27-21/h4-11,15,19H,13H2,1-3H3,(H,25,27)/t15-,19-/m1/s1. The minimum absolute atomic E-state index is 0.0708. The maximum atomic E-state index is 12.2. The molecule has 8 heteroatoms. The Morgan fingerprint density at radius 3 is 2.40 bits per heavy atom. The third kappa shape index (κ3) is 4.51. The first kappa shape index (κ1) is 21.5. The SMILES string of the molecule is COC(=O)[C@H](C#N)c1nc2ccccc2nc1NC[C@H](c1ccccc1Cl)N(C)C. The zero-order valence-corrected chi connectivity index (χ0v) is 17.7. The van der Waals surface area contributed by atoms with Crippen molar-refractivity contribution in [1.82, 2.24) is 14.9 Å². The summed E-state index contributed by atoms with van der Waals surface area (Å²) in [5.41, 5.74) is 2.44. The zero-order valence-electron chi connectivity index (χ0n) is 17.0. The van der Waals surface area contributed by atoms with Crippen LogP contribution in [0.1, 0.15) is 23.2 Å². The molecule has 0 amide bonds. The maximum Gasteiger partial charge on any atom is 0.329 e. The molecule has 1 N–H and O–H groups in total. The van der Waals surface area contributed by atoms with Crippen molar-refractivity contribution < 1.29 is 9.53 Å². The van der Waals surface area contributed by atoms with Crippen LogP contribution in [0.25, 0.3) is 11.0 Å². The van der Waals surface area contributed by atoms with Crippen molar-refractivity contribution >= 4 is 34.4 Å². The summed E-state index contributed by atoms with van der Waals surface area (Å²) in [6.45, 7) is 0.441. The normalized spacial score (nSPS) is 12.9. The van der Waals surface area contributed by atoms with Crippen molar-refractivity contribution in [3.8, 4) is 6.07 Å². The molecule has 30 heavy (non-hydrogen) atoms. The number of halogens is 1. The first-order valence-corrected chi connectivity index (χ1v) is 9.73. The number of nitriles is 1. The van der Waals surface area contributed by atoms with Crippen LogP contribution in [-0.4, -0.2) is 48.6 Å². The number of carbonyl (C=O) groups is 1. The lowest BCUT2D eigenvalue weighted by Crippen LogP contribution is -2.28. The fourth-order valence-corrected chi connectivity index (χ4v) is 3.46. The number of hydrogen-bond acceptors (Lipinski definition) is 7. The van der Waals surface area contributed by atoms with Crippen molar-refractivity contribution in [3.05, 3.63) is 64.8 Å². The molecule has 2 aromatic carbocycles. The summed E-state index contributed by atoms with van der Waals surface area (Å²) in [5.74, 6) is -1.50. The third-order valence-corrected chi connectivity index (χ3v) is 5.13. The van der Waals surface area contributed by atoms with E-state index in [-0.39, 0.29) is 11.7 Å². The molecular formula is C22H22ClN5O2. The number of fused-ring (bicyclic) bond motifs is 1. The van der Waals surface area contributed by atoms with E-state index in [0.717, 1.165) is 5.56 Å². The van der Waals surface area contributed by atoms with E-state index < -0.39 is 11.9 Å². The van der Waals surface area contributed by atoms with E-state index >= 15 is 0 Å². The summed E-state index contributed by atoms with van der Waals surface area (Å²) >= 11 is 6.40. The van der Waals surface area contributed by atoms with Crippen molar-refractivity contribution in [2.45, 2.75) is 12.0 Å². The van der Waals surface area contributed by atoms with Crippen LogP contribution in [0, 0.1) is 11.3 Å². The van der Waals surface area contributed by atoms with Crippen LogP contribution >= 0.6 is 11.6 Å². The second kappa shape index (κ2) is 9.53. The Kier molecular flexibility index (Phi) is 6.83. The van der Waals surface area contributed by atoms with Gasteiger partial charge in [0.05, 0.1) is 30.3 Å². The van der Waals surface area contributed by atoms with Crippen LogP contribution in [0.3, 0.4) is 0 Å². The number of anilines is 1. The number of para-hydroxylation sites is 2. The maximum absolute atomic E-state index is 12.2. The molecule has 0 aliphatic carbocycles. The molecule has 3 aromatic rings. The van der Waals surface area contributed by atoms with E-state index in [1.807, 2.05) is 67.5 Å². The van der Waals surface area contributed by atoms with Gasteiger partial charge in [0.2, 0.25) is 0 Å². The molecule has 0 radical (unpaired) electrons. The quantitative estimate of drug-likeness (QED) is 0.578. The van der Waals surface area contributed by atoms with E-state index in [9.17, 15) is 10.1 Å². The molecule has 154 valence electrons. The van der Waals surface area contributed by atoms with E-state index in [0.29, 0.717) is 28.4 Å². The van der Waals surface area contributed by atoms with Crippen LogP contribution in [0.2, 0.25) is 5.02 Å². The van der Waals surface area contributed by atoms with Crippen LogP contribution in [-0.2, 0) is 9.53 Å². The van der Waals surface area contributed by atoms with Crippen molar-refractivity contribution in [3.63, 3.8) is 0 Å². The Morgan fingerprint density at radius 1 is 1.17 bits per heavy atom. The molecule has 0 saturated heterocycles. The van der Waals surface area contributed by atoms with Gasteiger partial charge in [-0.05, 0) is 37.9 Å². The number of methoxy groups -OCH3 is 1. The number of nitrogens with zero attached hydrogens (tertiary/aromatic N) is 4. The minimum atomic E-state index is -1.19. The first-order chi connectivity index (χ1) is 14.5. The fourth-order valence-electron chi connectivity index (χ4n) is 3.20. The molecule has 0 bridgehead atoms. The summed E-state index contributed by atoms with van der Waals surface area (Å²) in [5, 5.41) is 13.5. The van der Waals surface area contributed by atoms with Gasteiger partial charge >= 0.3 is 5.97 Å². The topological polar surface area (TPSA) is 91.1 Å². The molecule has 2 atom stereocenters. The number of carbonyl (C=O) groups excluding carboxylic acids is 1. The number of aromatic nitrogens is 2. The highest BCUT2D eigenvalue weighted by molar-refractivity contribution is 6.31. The summed E-state index contributed by atoms with van der Waals surface area (Å²) in [6.07, 6.45) is 0. The van der Waals surface area contributed by atoms with Gasteiger partial charge in [-0.3, -0.25) is 4.79 Å². The molecule has 0 saturated carbocycles. The van der Waals surface area contributed by atoms with Gasteiger partial charge in [-0.2, -0.15) is 5.26 Å². The van der Waals surface area contributed by atoms with Gasteiger partial charge in [0.25, 0.3) is 0 Å². The number of hydrogen-bond donors (Lipinski definition) is 1. The van der Waals surface area contributed by atoms with E-state index in [1.165, 1.54) is 7.11 Å². The second-order valence-corrected chi connectivity index (χ2v) is 7.32.